The number of benzene rings is 2. The standard InChI is InChI=1S/C24H23Br2N3O7/c1-4-35-24(33)22(31)29-14-8-17(25)21(18(26)9-14)36-15-5-6-19-16(10-15)13(11-27-19)7-20(23(32)34-3)28-12(2)30/h5-6,8-11,20,27H,4,7H2,1-3H3,(H,28,30)(H,29,31). The molecule has 2 aromatic carbocycles. The van der Waals surface area contributed by atoms with E-state index in [2.05, 4.69) is 47.5 Å². The lowest BCUT2D eigenvalue weighted by Crippen LogP contribution is -2.41. The van der Waals surface area contributed by atoms with Crippen LogP contribution in [0.3, 0.4) is 0 Å². The van der Waals surface area contributed by atoms with Crippen molar-refractivity contribution in [2.75, 3.05) is 19.0 Å². The number of hydrogen-bond acceptors (Lipinski definition) is 7. The number of aromatic amines is 1. The second-order valence-corrected chi connectivity index (χ2v) is 9.26. The number of amides is 2. The molecule has 0 saturated heterocycles. The van der Waals surface area contributed by atoms with Crippen LogP contribution in [0, 0.1) is 0 Å². The Morgan fingerprint density at radius 2 is 1.78 bits per heavy atom. The van der Waals surface area contributed by atoms with Crippen molar-refractivity contribution in [3.05, 3.63) is 51.0 Å². The minimum absolute atomic E-state index is 0.0935. The molecule has 1 atom stereocenters. The molecule has 36 heavy (non-hydrogen) atoms. The molecule has 3 rings (SSSR count). The Bertz CT molecular complexity index is 1300. The maximum atomic E-state index is 12.1. The Morgan fingerprint density at radius 3 is 2.39 bits per heavy atom. The van der Waals surface area contributed by atoms with Gasteiger partial charge in [-0.3, -0.25) is 9.59 Å². The highest BCUT2D eigenvalue weighted by Gasteiger charge is 2.22. The molecule has 190 valence electrons. The van der Waals surface area contributed by atoms with Gasteiger partial charge in [-0.2, -0.15) is 0 Å². The van der Waals surface area contributed by atoms with Gasteiger partial charge in [-0.05, 0) is 74.7 Å². The van der Waals surface area contributed by atoms with Crippen LogP contribution in [0.15, 0.2) is 45.5 Å². The fraction of sp³-hybridized carbons (Fsp3) is 0.250. The van der Waals surface area contributed by atoms with Crippen molar-refractivity contribution < 1.29 is 33.4 Å². The van der Waals surface area contributed by atoms with Crippen molar-refractivity contribution in [1.29, 1.82) is 0 Å². The van der Waals surface area contributed by atoms with Gasteiger partial charge in [0.25, 0.3) is 0 Å². The molecule has 0 aliphatic heterocycles. The largest absolute Gasteiger partial charge is 0.467 e. The predicted octanol–water partition coefficient (Wildman–Crippen LogP) is 4.21. The maximum absolute atomic E-state index is 12.1. The zero-order valence-electron chi connectivity index (χ0n) is 19.6. The van der Waals surface area contributed by atoms with E-state index in [1.165, 1.54) is 14.0 Å². The zero-order chi connectivity index (χ0) is 26.4. The van der Waals surface area contributed by atoms with Crippen LogP contribution in [-0.2, 0) is 35.1 Å². The van der Waals surface area contributed by atoms with E-state index in [1.807, 2.05) is 6.07 Å². The smallest absolute Gasteiger partial charge is 0.397 e. The molecule has 0 radical (unpaired) electrons. The quantitative estimate of drug-likeness (QED) is 0.252. The lowest BCUT2D eigenvalue weighted by atomic mass is 10.0. The van der Waals surface area contributed by atoms with Gasteiger partial charge < -0.3 is 29.8 Å². The molecule has 0 bridgehead atoms. The van der Waals surface area contributed by atoms with Gasteiger partial charge in [0.2, 0.25) is 5.91 Å². The first kappa shape index (κ1) is 27.2. The lowest BCUT2D eigenvalue weighted by Gasteiger charge is -2.15. The fourth-order valence-corrected chi connectivity index (χ4v) is 4.77. The van der Waals surface area contributed by atoms with Gasteiger partial charge in [-0.1, -0.05) is 0 Å². The average Bonchev–Trinajstić information content (AvgIpc) is 3.22. The van der Waals surface area contributed by atoms with Crippen LogP contribution >= 0.6 is 31.9 Å². The predicted molar refractivity (Wildman–Crippen MR) is 139 cm³/mol. The molecule has 3 N–H and O–H groups in total. The number of carbonyl (C=O) groups is 4. The van der Waals surface area contributed by atoms with Crippen molar-refractivity contribution in [2.24, 2.45) is 0 Å². The van der Waals surface area contributed by atoms with Gasteiger partial charge >= 0.3 is 17.8 Å². The third kappa shape index (κ3) is 6.64. The van der Waals surface area contributed by atoms with Crippen molar-refractivity contribution >= 4 is 72.2 Å². The van der Waals surface area contributed by atoms with E-state index >= 15 is 0 Å². The SMILES string of the molecule is CCOC(=O)C(=O)Nc1cc(Br)c(Oc2ccc3[nH]cc(CC(NC(C)=O)C(=O)OC)c3c2)c(Br)c1. The summed E-state index contributed by atoms with van der Waals surface area (Å²) in [4.78, 5) is 50.3. The van der Waals surface area contributed by atoms with E-state index in [1.54, 1.807) is 37.4 Å². The van der Waals surface area contributed by atoms with Crippen LogP contribution in [0.5, 0.6) is 11.5 Å². The van der Waals surface area contributed by atoms with E-state index in [9.17, 15) is 19.2 Å². The summed E-state index contributed by atoms with van der Waals surface area (Å²) < 4.78 is 16.6. The normalized spacial score (nSPS) is 11.5. The molecular formula is C24H23Br2N3O7. The highest BCUT2D eigenvalue weighted by Crippen LogP contribution is 2.40. The van der Waals surface area contributed by atoms with E-state index in [4.69, 9.17) is 14.2 Å². The topological polar surface area (TPSA) is 136 Å². The van der Waals surface area contributed by atoms with Gasteiger partial charge in [0.15, 0.2) is 5.75 Å². The number of carbonyl (C=O) groups excluding carboxylic acids is 4. The molecule has 0 aliphatic carbocycles. The highest BCUT2D eigenvalue weighted by molar-refractivity contribution is 9.11. The number of halogens is 2. The minimum Gasteiger partial charge on any atom is -0.467 e. The Morgan fingerprint density at radius 1 is 1.08 bits per heavy atom. The molecule has 0 aliphatic rings. The first-order chi connectivity index (χ1) is 17.1. The number of aromatic nitrogens is 1. The first-order valence-corrected chi connectivity index (χ1v) is 12.3. The molecule has 12 heteroatoms. The molecule has 0 saturated carbocycles. The van der Waals surface area contributed by atoms with Crippen LogP contribution < -0.4 is 15.4 Å². The van der Waals surface area contributed by atoms with Gasteiger partial charge in [0.05, 0.1) is 22.7 Å². The number of hydrogen-bond donors (Lipinski definition) is 3. The summed E-state index contributed by atoms with van der Waals surface area (Å²) >= 11 is 6.86. The Labute approximate surface area is 223 Å². The Balaban J connectivity index is 1.84. The summed E-state index contributed by atoms with van der Waals surface area (Å²) in [6, 6.07) is 7.74. The number of ether oxygens (including phenoxy) is 3. The maximum Gasteiger partial charge on any atom is 0.397 e. The number of esters is 2. The highest BCUT2D eigenvalue weighted by atomic mass is 79.9. The van der Waals surface area contributed by atoms with Gasteiger partial charge in [0, 0.05) is 36.1 Å². The number of H-pyrrole nitrogens is 1. The number of rotatable bonds is 8. The molecule has 0 fully saturated rings. The minimum atomic E-state index is -0.978. The van der Waals surface area contributed by atoms with E-state index in [0.29, 0.717) is 26.1 Å². The summed E-state index contributed by atoms with van der Waals surface area (Å²) in [6.45, 7) is 3.04. The van der Waals surface area contributed by atoms with Crippen molar-refractivity contribution in [1.82, 2.24) is 10.3 Å². The van der Waals surface area contributed by atoms with Gasteiger partial charge in [0.1, 0.15) is 11.8 Å². The summed E-state index contributed by atoms with van der Waals surface area (Å²) in [5, 5.41) is 5.88. The number of anilines is 1. The van der Waals surface area contributed by atoms with E-state index < -0.39 is 23.9 Å². The van der Waals surface area contributed by atoms with Crippen LogP contribution in [-0.4, -0.2) is 48.5 Å². The summed E-state index contributed by atoms with van der Waals surface area (Å²) in [6.07, 6.45) is 1.98. The lowest BCUT2D eigenvalue weighted by molar-refractivity contribution is -0.152. The summed E-state index contributed by atoms with van der Waals surface area (Å²) in [5.74, 6) is -1.82. The van der Waals surface area contributed by atoms with Gasteiger partial charge in [-0.25, -0.2) is 9.59 Å². The van der Waals surface area contributed by atoms with E-state index in [0.717, 1.165) is 16.5 Å². The van der Waals surface area contributed by atoms with Crippen LogP contribution in [0.25, 0.3) is 10.9 Å². The molecular weight excluding hydrogens is 602 g/mol. The van der Waals surface area contributed by atoms with Crippen LogP contribution in [0.1, 0.15) is 19.4 Å². The first-order valence-electron chi connectivity index (χ1n) is 10.7. The van der Waals surface area contributed by atoms with Crippen LogP contribution in [0.2, 0.25) is 0 Å². The molecule has 10 nitrogen and oxygen atoms in total. The second-order valence-electron chi connectivity index (χ2n) is 7.55. The molecule has 2 amide bonds. The summed E-state index contributed by atoms with van der Waals surface area (Å²) in [5.41, 5.74) is 1.96. The molecule has 1 aromatic heterocycles. The number of methoxy groups -OCH3 is 1. The Hall–Kier alpha value is -3.38. The van der Waals surface area contributed by atoms with Crippen molar-refractivity contribution in [3.63, 3.8) is 0 Å². The van der Waals surface area contributed by atoms with Crippen LogP contribution in [0.4, 0.5) is 5.69 Å². The monoisotopic (exact) mass is 623 g/mol. The third-order valence-corrected chi connectivity index (χ3v) is 6.14. The van der Waals surface area contributed by atoms with Crippen molar-refractivity contribution in [3.8, 4) is 11.5 Å². The molecule has 0 spiro atoms. The van der Waals surface area contributed by atoms with E-state index in [-0.39, 0.29) is 18.9 Å². The fourth-order valence-electron chi connectivity index (χ4n) is 3.42. The Kier molecular flexibility index (Phi) is 9.10. The third-order valence-electron chi connectivity index (χ3n) is 4.96. The zero-order valence-corrected chi connectivity index (χ0v) is 22.7. The molecule has 3 aromatic rings. The summed E-state index contributed by atoms with van der Waals surface area (Å²) in [7, 11) is 1.27. The molecule has 1 heterocycles. The van der Waals surface area contributed by atoms with Crippen molar-refractivity contribution in [2.45, 2.75) is 26.3 Å². The van der Waals surface area contributed by atoms with Gasteiger partial charge in [-0.15, -0.1) is 0 Å². The number of nitrogens with one attached hydrogen (secondary N) is 3. The molecule has 1 unspecified atom stereocenters. The average molecular weight is 625 g/mol. The second kappa shape index (κ2) is 12.0. The number of fused-ring (bicyclic) bond motifs is 1.